The van der Waals surface area contributed by atoms with Gasteiger partial charge in [0.2, 0.25) is 11.8 Å². The predicted octanol–water partition coefficient (Wildman–Crippen LogP) is 1.05. The molecule has 114 valence electrons. The lowest BCUT2D eigenvalue weighted by atomic mass is 9.96. The number of aliphatic hydroxyl groups excluding tert-OH is 1. The van der Waals surface area contributed by atoms with E-state index in [1.165, 1.54) is 12.8 Å². The average Bonchev–Trinajstić information content (AvgIpc) is 2.92. The van der Waals surface area contributed by atoms with E-state index in [1.807, 2.05) is 6.92 Å². The number of hydrogen-bond acceptors (Lipinski definition) is 3. The lowest BCUT2D eigenvalue weighted by Crippen LogP contribution is -2.46. The first-order valence-corrected chi connectivity index (χ1v) is 7.81. The Morgan fingerprint density at radius 1 is 1.20 bits per heavy atom. The van der Waals surface area contributed by atoms with Gasteiger partial charge in [-0.1, -0.05) is 19.8 Å². The standard InChI is InChI=1S/C15H26N2O3/c1-11-8-9-17(10-13(11)18)15(20)7-6-14(19)16-12-4-2-3-5-12/h11-13,18H,2-10H2,1H3,(H,16,19). The fourth-order valence-electron chi connectivity index (χ4n) is 3.02. The minimum absolute atomic E-state index is 0.0162. The van der Waals surface area contributed by atoms with Gasteiger partial charge in [0, 0.05) is 32.0 Å². The summed E-state index contributed by atoms with van der Waals surface area (Å²) < 4.78 is 0. The molecular formula is C15H26N2O3. The normalized spacial score (nSPS) is 27.6. The first-order valence-electron chi connectivity index (χ1n) is 7.81. The third kappa shape index (κ3) is 4.20. The van der Waals surface area contributed by atoms with Crippen LogP contribution in [0.4, 0.5) is 0 Å². The maximum Gasteiger partial charge on any atom is 0.223 e. The Morgan fingerprint density at radius 3 is 2.55 bits per heavy atom. The largest absolute Gasteiger partial charge is 0.391 e. The molecule has 0 aromatic carbocycles. The van der Waals surface area contributed by atoms with E-state index in [0.717, 1.165) is 19.3 Å². The zero-order chi connectivity index (χ0) is 14.5. The predicted molar refractivity (Wildman–Crippen MR) is 76.0 cm³/mol. The van der Waals surface area contributed by atoms with Crippen LogP contribution in [-0.4, -0.2) is 47.1 Å². The topological polar surface area (TPSA) is 69.6 Å². The number of amides is 2. The summed E-state index contributed by atoms with van der Waals surface area (Å²) in [5.41, 5.74) is 0. The van der Waals surface area contributed by atoms with Gasteiger partial charge in [-0.2, -0.15) is 0 Å². The van der Waals surface area contributed by atoms with E-state index in [0.29, 0.717) is 19.1 Å². The Morgan fingerprint density at radius 2 is 1.90 bits per heavy atom. The van der Waals surface area contributed by atoms with E-state index >= 15 is 0 Å². The highest BCUT2D eigenvalue weighted by Gasteiger charge is 2.27. The van der Waals surface area contributed by atoms with Crippen LogP contribution >= 0.6 is 0 Å². The van der Waals surface area contributed by atoms with Gasteiger partial charge in [0.25, 0.3) is 0 Å². The Bertz CT molecular complexity index is 353. The van der Waals surface area contributed by atoms with Gasteiger partial charge in [0.15, 0.2) is 0 Å². The van der Waals surface area contributed by atoms with E-state index in [-0.39, 0.29) is 30.6 Å². The molecule has 1 aliphatic heterocycles. The van der Waals surface area contributed by atoms with Gasteiger partial charge >= 0.3 is 0 Å². The van der Waals surface area contributed by atoms with Crippen LogP contribution in [0.2, 0.25) is 0 Å². The summed E-state index contributed by atoms with van der Waals surface area (Å²) >= 11 is 0. The van der Waals surface area contributed by atoms with Crippen molar-refractivity contribution < 1.29 is 14.7 Å². The molecular weight excluding hydrogens is 256 g/mol. The van der Waals surface area contributed by atoms with Crippen molar-refractivity contribution in [2.24, 2.45) is 5.92 Å². The van der Waals surface area contributed by atoms with Crippen LogP contribution in [-0.2, 0) is 9.59 Å². The second-order valence-corrected chi connectivity index (χ2v) is 6.22. The molecule has 2 amide bonds. The first-order chi connectivity index (χ1) is 9.56. The number of carbonyl (C=O) groups is 2. The molecule has 1 saturated carbocycles. The molecule has 5 nitrogen and oxygen atoms in total. The van der Waals surface area contributed by atoms with Gasteiger partial charge in [0.05, 0.1) is 6.10 Å². The smallest absolute Gasteiger partial charge is 0.223 e. The summed E-state index contributed by atoms with van der Waals surface area (Å²) in [7, 11) is 0. The number of carbonyl (C=O) groups excluding carboxylic acids is 2. The van der Waals surface area contributed by atoms with Crippen molar-refractivity contribution in [1.82, 2.24) is 10.2 Å². The van der Waals surface area contributed by atoms with Crippen LogP contribution in [0.1, 0.15) is 51.9 Å². The van der Waals surface area contributed by atoms with Gasteiger partial charge in [-0.15, -0.1) is 0 Å². The number of piperidine rings is 1. The highest BCUT2D eigenvalue weighted by Crippen LogP contribution is 2.19. The number of β-amino-alcohol motifs (C(OH)–C–C–N with tert-alkyl or cyclic N) is 1. The minimum atomic E-state index is -0.431. The summed E-state index contributed by atoms with van der Waals surface area (Å²) in [6, 6.07) is 0.315. The molecule has 2 aliphatic rings. The molecule has 1 saturated heterocycles. The Hall–Kier alpha value is -1.10. The molecule has 0 bridgehead atoms. The lowest BCUT2D eigenvalue weighted by Gasteiger charge is -2.34. The number of hydrogen-bond donors (Lipinski definition) is 2. The number of aliphatic hydroxyl groups is 1. The van der Waals surface area contributed by atoms with Gasteiger partial charge in [-0.05, 0) is 25.2 Å². The molecule has 0 radical (unpaired) electrons. The first kappa shape index (κ1) is 15.3. The van der Waals surface area contributed by atoms with Crippen molar-refractivity contribution in [2.75, 3.05) is 13.1 Å². The average molecular weight is 282 g/mol. The number of nitrogens with zero attached hydrogens (tertiary/aromatic N) is 1. The Kier molecular flexibility index (Phi) is 5.40. The zero-order valence-electron chi connectivity index (χ0n) is 12.3. The molecule has 0 spiro atoms. The van der Waals surface area contributed by atoms with Gasteiger partial charge < -0.3 is 15.3 Å². The van der Waals surface area contributed by atoms with Crippen LogP contribution in [0.25, 0.3) is 0 Å². The lowest BCUT2D eigenvalue weighted by molar-refractivity contribution is -0.137. The van der Waals surface area contributed by atoms with Crippen LogP contribution in [0.15, 0.2) is 0 Å². The highest BCUT2D eigenvalue weighted by atomic mass is 16.3. The molecule has 1 heterocycles. The summed E-state index contributed by atoms with van der Waals surface area (Å²) in [4.78, 5) is 25.5. The van der Waals surface area contributed by atoms with E-state index < -0.39 is 6.10 Å². The molecule has 2 N–H and O–H groups in total. The zero-order valence-corrected chi connectivity index (χ0v) is 12.3. The molecule has 0 aromatic heterocycles. The second-order valence-electron chi connectivity index (χ2n) is 6.22. The third-order valence-corrected chi connectivity index (χ3v) is 4.56. The summed E-state index contributed by atoms with van der Waals surface area (Å²) in [5.74, 6) is 0.221. The van der Waals surface area contributed by atoms with E-state index in [2.05, 4.69) is 5.32 Å². The summed E-state index contributed by atoms with van der Waals surface area (Å²) in [6.45, 7) is 3.10. The Labute approximate surface area is 120 Å². The molecule has 1 aliphatic carbocycles. The van der Waals surface area contributed by atoms with Crippen molar-refractivity contribution in [3.05, 3.63) is 0 Å². The quantitative estimate of drug-likeness (QED) is 0.810. The van der Waals surface area contributed by atoms with Crippen molar-refractivity contribution in [1.29, 1.82) is 0 Å². The van der Waals surface area contributed by atoms with Crippen LogP contribution in [0.3, 0.4) is 0 Å². The highest BCUT2D eigenvalue weighted by molar-refractivity contribution is 5.84. The molecule has 2 atom stereocenters. The monoisotopic (exact) mass is 282 g/mol. The van der Waals surface area contributed by atoms with E-state index in [1.54, 1.807) is 4.90 Å². The van der Waals surface area contributed by atoms with Crippen LogP contribution in [0.5, 0.6) is 0 Å². The maximum absolute atomic E-state index is 12.0. The maximum atomic E-state index is 12.0. The van der Waals surface area contributed by atoms with E-state index in [9.17, 15) is 14.7 Å². The number of nitrogens with one attached hydrogen (secondary N) is 1. The summed E-state index contributed by atoms with van der Waals surface area (Å²) in [6.07, 6.45) is 5.42. The van der Waals surface area contributed by atoms with Gasteiger partial charge in [-0.3, -0.25) is 9.59 Å². The summed E-state index contributed by atoms with van der Waals surface area (Å²) in [5, 5.41) is 12.8. The van der Waals surface area contributed by atoms with Crippen LogP contribution < -0.4 is 5.32 Å². The fraction of sp³-hybridized carbons (Fsp3) is 0.867. The third-order valence-electron chi connectivity index (χ3n) is 4.56. The SMILES string of the molecule is CC1CCN(C(=O)CCC(=O)NC2CCCC2)CC1O. The fourth-order valence-corrected chi connectivity index (χ4v) is 3.02. The molecule has 2 rings (SSSR count). The second kappa shape index (κ2) is 7.07. The Balaban J connectivity index is 1.67. The van der Waals surface area contributed by atoms with Gasteiger partial charge in [-0.25, -0.2) is 0 Å². The molecule has 5 heteroatoms. The van der Waals surface area contributed by atoms with E-state index in [4.69, 9.17) is 0 Å². The van der Waals surface area contributed by atoms with Crippen molar-refractivity contribution in [3.8, 4) is 0 Å². The van der Waals surface area contributed by atoms with Crippen molar-refractivity contribution in [2.45, 2.75) is 64.0 Å². The minimum Gasteiger partial charge on any atom is -0.391 e. The number of rotatable bonds is 4. The molecule has 20 heavy (non-hydrogen) atoms. The number of likely N-dealkylation sites (tertiary alicyclic amines) is 1. The van der Waals surface area contributed by atoms with Crippen molar-refractivity contribution in [3.63, 3.8) is 0 Å². The van der Waals surface area contributed by atoms with Crippen LogP contribution in [0, 0.1) is 5.92 Å². The van der Waals surface area contributed by atoms with Gasteiger partial charge in [0.1, 0.15) is 0 Å². The molecule has 2 fully saturated rings. The molecule has 0 aromatic rings. The van der Waals surface area contributed by atoms with Crippen molar-refractivity contribution >= 4 is 11.8 Å². The molecule has 2 unspecified atom stereocenters.